The van der Waals surface area contributed by atoms with Gasteiger partial charge in [-0.1, -0.05) is 90.9 Å². The van der Waals surface area contributed by atoms with Gasteiger partial charge < -0.3 is 16.9 Å². The van der Waals surface area contributed by atoms with E-state index in [2.05, 4.69) is 27.9 Å². The molecule has 1 nitrogen and oxygen atoms in total. The first-order valence-corrected chi connectivity index (χ1v) is 10.9. The van der Waals surface area contributed by atoms with Gasteiger partial charge in [-0.2, -0.15) is 0 Å². The molecular formula is C22H48ClCuN. The molecule has 0 aromatic rings. The van der Waals surface area contributed by atoms with Crippen LogP contribution in [0.25, 0.3) is 0 Å². The third kappa shape index (κ3) is 24.8. The van der Waals surface area contributed by atoms with E-state index in [9.17, 15) is 0 Å². The zero-order chi connectivity index (χ0) is 17.2. The molecule has 0 N–H and O–H groups in total. The van der Waals surface area contributed by atoms with E-state index in [1.807, 2.05) is 0 Å². The van der Waals surface area contributed by atoms with Crippen molar-refractivity contribution in [2.45, 2.75) is 117 Å². The van der Waals surface area contributed by atoms with Crippen molar-refractivity contribution in [3.63, 3.8) is 0 Å². The zero-order valence-electron chi connectivity index (χ0n) is 17.9. The van der Waals surface area contributed by atoms with Crippen LogP contribution in [0.2, 0.25) is 0 Å². The van der Waals surface area contributed by atoms with Gasteiger partial charge >= 0.3 is 0 Å². The van der Waals surface area contributed by atoms with Crippen molar-refractivity contribution in [2.75, 3.05) is 27.2 Å². The molecule has 0 spiro atoms. The van der Waals surface area contributed by atoms with Crippen molar-refractivity contribution < 1.29 is 34.0 Å². The molecule has 0 atom stereocenters. The fourth-order valence-corrected chi connectivity index (χ4v) is 3.46. The summed E-state index contributed by atoms with van der Waals surface area (Å²) in [6.45, 7) is 7.36. The largest absolute Gasteiger partial charge is 1.00 e. The molecule has 1 radical (unpaired) electrons. The van der Waals surface area contributed by atoms with Gasteiger partial charge in [0.1, 0.15) is 0 Å². The van der Waals surface area contributed by atoms with E-state index >= 15 is 0 Å². The van der Waals surface area contributed by atoms with Crippen LogP contribution >= 0.6 is 0 Å². The van der Waals surface area contributed by atoms with E-state index in [0.717, 1.165) is 0 Å². The quantitative estimate of drug-likeness (QED) is 0.174. The molecule has 0 saturated carbocycles. The van der Waals surface area contributed by atoms with Crippen molar-refractivity contribution >= 4 is 0 Å². The molecule has 0 aliphatic carbocycles. The minimum absolute atomic E-state index is 0. The monoisotopic (exact) mass is 424 g/mol. The topological polar surface area (TPSA) is 0 Å². The van der Waals surface area contributed by atoms with Gasteiger partial charge in [-0.25, -0.2) is 0 Å². The number of rotatable bonds is 18. The van der Waals surface area contributed by atoms with Gasteiger partial charge in [0.2, 0.25) is 0 Å². The van der Waals surface area contributed by atoms with Crippen LogP contribution in [0.4, 0.5) is 0 Å². The molecule has 0 saturated heterocycles. The Hall–Kier alpha value is 0.769. The molecule has 0 heterocycles. The summed E-state index contributed by atoms with van der Waals surface area (Å²) in [5.41, 5.74) is 0. The second-order valence-corrected chi connectivity index (χ2v) is 8.33. The maximum absolute atomic E-state index is 2.43. The molecule has 0 unspecified atom stereocenters. The Morgan fingerprint density at radius 1 is 0.440 bits per heavy atom. The van der Waals surface area contributed by atoms with Crippen LogP contribution < -0.4 is 12.4 Å². The summed E-state index contributed by atoms with van der Waals surface area (Å²) < 4.78 is 1.24. The van der Waals surface area contributed by atoms with Crippen LogP contribution in [0.15, 0.2) is 0 Å². The second-order valence-electron chi connectivity index (χ2n) is 8.33. The minimum atomic E-state index is 0. The van der Waals surface area contributed by atoms with Crippen molar-refractivity contribution in [3.05, 3.63) is 0 Å². The molecule has 0 aliphatic rings. The summed E-state index contributed by atoms with van der Waals surface area (Å²) in [4.78, 5) is 0. The number of halogens is 1. The number of unbranched alkanes of at least 4 members (excludes halogenated alkanes) is 14. The van der Waals surface area contributed by atoms with E-state index in [0.29, 0.717) is 0 Å². The molecule has 0 aliphatic heterocycles. The summed E-state index contributed by atoms with van der Waals surface area (Å²) in [6, 6.07) is 0. The third-order valence-corrected chi connectivity index (χ3v) is 5.23. The summed E-state index contributed by atoms with van der Waals surface area (Å²) in [5.74, 6) is 0. The fourth-order valence-electron chi connectivity index (χ4n) is 3.46. The van der Waals surface area contributed by atoms with Crippen LogP contribution in [0.3, 0.4) is 0 Å². The van der Waals surface area contributed by atoms with Gasteiger partial charge in [0.25, 0.3) is 0 Å². The van der Waals surface area contributed by atoms with E-state index in [4.69, 9.17) is 0 Å². The molecule has 0 aromatic heterocycles. The van der Waals surface area contributed by atoms with Gasteiger partial charge in [0.15, 0.2) is 0 Å². The summed E-state index contributed by atoms with van der Waals surface area (Å²) in [7, 11) is 4.87. The second kappa shape index (κ2) is 22.8. The van der Waals surface area contributed by atoms with Crippen LogP contribution in [-0.4, -0.2) is 31.7 Å². The Bertz CT molecular complexity index is 212. The van der Waals surface area contributed by atoms with Crippen LogP contribution in [0.1, 0.15) is 117 Å². The van der Waals surface area contributed by atoms with Gasteiger partial charge in [0, 0.05) is 17.1 Å². The van der Waals surface area contributed by atoms with Crippen molar-refractivity contribution in [1.29, 1.82) is 0 Å². The van der Waals surface area contributed by atoms with Gasteiger partial charge in [0.05, 0.1) is 27.2 Å². The van der Waals surface area contributed by atoms with Crippen molar-refractivity contribution in [2.24, 2.45) is 0 Å². The number of nitrogens with zero attached hydrogens (tertiary/aromatic N) is 1. The SMILES string of the molecule is CCCCCCCCCC[N+](C)(C)CCCCCCCCCC.[Cl-].[Cu]. The molecule has 25 heavy (non-hydrogen) atoms. The molecule has 3 heteroatoms. The summed E-state index contributed by atoms with van der Waals surface area (Å²) >= 11 is 0. The van der Waals surface area contributed by atoms with E-state index in [1.165, 1.54) is 120 Å². The Kier molecular flexibility index (Phi) is 27.8. The fraction of sp³-hybridized carbons (Fsp3) is 1.00. The summed E-state index contributed by atoms with van der Waals surface area (Å²) in [6.07, 6.45) is 23.0. The van der Waals surface area contributed by atoms with Gasteiger partial charge in [-0.15, -0.1) is 0 Å². The Morgan fingerprint density at radius 3 is 0.960 bits per heavy atom. The molecule has 0 aromatic carbocycles. The maximum atomic E-state index is 2.43. The molecular weight excluding hydrogens is 377 g/mol. The van der Waals surface area contributed by atoms with Crippen molar-refractivity contribution in [1.82, 2.24) is 0 Å². The number of hydrogen-bond donors (Lipinski definition) is 0. The molecule has 0 rings (SSSR count). The standard InChI is InChI=1S/C22H48N.ClH.Cu/c1-5-7-9-11-13-15-17-19-21-23(3,4)22-20-18-16-14-12-10-8-6-2;;/h5-22H2,1-4H3;1H;/q+1;;/p-1. The van der Waals surface area contributed by atoms with E-state index < -0.39 is 0 Å². The van der Waals surface area contributed by atoms with Crippen LogP contribution in [0.5, 0.6) is 0 Å². The number of hydrogen-bond acceptors (Lipinski definition) is 0. The Morgan fingerprint density at radius 2 is 0.680 bits per heavy atom. The van der Waals surface area contributed by atoms with Crippen molar-refractivity contribution in [3.8, 4) is 0 Å². The third-order valence-electron chi connectivity index (χ3n) is 5.23. The van der Waals surface area contributed by atoms with Crippen LogP contribution in [0, 0.1) is 0 Å². The molecule has 0 bridgehead atoms. The normalized spacial score (nSPS) is 11.0. The first-order chi connectivity index (χ1) is 11.1. The molecule has 0 fully saturated rings. The molecule has 159 valence electrons. The van der Waals surface area contributed by atoms with Gasteiger partial charge in [-0.05, 0) is 25.7 Å². The Labute approximate surface area is 177 Å². The molecule has 0 amide bonds. The zero-order valence-corrected chi connectivity index (χ0v) is 19.6. The maximum Gasteiger partial charge on any atom is 0.0782 e. The van der Waals surface area contributed by atoms with E-state index in [-0.39, 0.29) is 29.5 Å². The first-order valence-electron chi connectivity index (χ1n) is 10.9. The van der Waals surface area contributed by atoms with Gasteiger partial charge in [-0.3, -0.25) is 0 Å². The summed E-state index contributed by atoms with van der Waals surface area (Å²) in [5, 5.41) is 0. The average Bonchev–Trinajstić information content (AvgIpc) is 2.52. The smallest absolute Gasteiger partial charge is 0.0782 e. The number of quaternary nitrogens is 1. The van der Waals surface area contributed by atoms with E-state index in [1.54, 1.807) is 0 Å². The predicted molar refractivity (Wildman–Crippen MR) is 107 cm³/mol. The Balaban J connectivity index is -0.00000242. The minimum Gasteiger partial charge on any atom is -1.00 e. The predicted octanol–water partition coefficient (Wildman–Crippen LogP) is 4.35. The average molecular weight is 426 g/mol. The van der Waals surface area contributed by atoms with Crippen LogP contribution in [-0.2, 0) is 17.1 Å². The first kappa shape index (κ1) is 30.5.